The largest absolute Gasteiger partial charge is 0.487 e. The molecule has 2 unspecified atom stereocenters. The minimum absolute atomic E-state index is 0.112. The minimum Gasteiger partial charge on any atom is -0.487 e. The second kappa shape index (κ2) is 7.80. The van der Waals surface area contributed by atoms with E-state index in [4.69, 9.17) is 25.4 Å². The molecule has 0 aromatic heterocycles. The molecule has 0 heterocycles. The molecule has 19 heavy (non-hydrogen) atoms. The molecule has 0 bridgehead atoms. The quantitative estimate of drug-likeness (QED) is 0.374. The lowest BCUT2D eigenvalue weighted by atomic mass is 10.2. The Bertz CT molecular complexity index is 386. The van der Waals surface area contributed by atoms with Crippen LogP contribution in [0.2, 0.25) is 0 Å². The van der Waals surface area contributed by atoms with Gasteiger partial charge in [-0.2, -0.15) is 0 Å². The number of rotatable bonds is 8. The Morgan fingerprint density at radius 3 is 2.16 bits per heavy atom. The molecule has 1 aromatic carbocycles. The zero-order valence-corrected chi connectivity index (χ0v) is 10.4. The first-order valence-electron chi connectivity index (χ1n) is 5.80. The van der Waals surface area contributed by atoms with E-state index in [1.807, 2.05) is 0 Å². The first kappa shape index (κ1) is 15.5. The van der Waals surface area contributed by atoms with Gasteiger partial charge in [-0.25, -0.2) is 0 Å². The van der Waals surface area contributed by atoms with Crippen LogP contribution in [0.25, 0.3) is 0 Å². The first-order valence-corrected chi connectivity index (χ1v) is 5.80. The van der Waals surface area contributed by atoms with Gasteiger partial charge in [0, 0.05) is 0 Å². The van der Waals surface area contributed by atoms with Gasteiger partial charge < -0.3 is 35.6 Å². The highest BCUT2D eigenvalue weighted by molar-refractivity contribution is 5.60. The van der Waals surface area contributed by atoms with Crippen molar-refractivity contribution in [3.05, 3.63) is 18.2 Å². The molecule has 6 N–H and O–H groups in total. The number of hydrogen-bond acceptors (Lipinski definition) is 7. The molecule has 0 aliphatic rings. The number of para-hydroxylation sites is 1. The van der Waals surface area contributed by atoms with Gasteiger partial charge in [0.25, 0.3) is 0 Å². The van der Waals surface area contributed by atoms with E-state index in [2.05, 4.69) is 0 Å². The van der Waals surface area contributed by atoms with E-state index in [1.165, 1.54) is 0 Å². The van der Waals surface area contributed by atoms with Gasteiger partial charge in [0.1, 0.15) is 25.4 Å². The van der Waals surface area contributed by atoms with Crippen LogP contribution in [0.5, 0.6) is 11.5 Å². The topological polar surface area (TPSA) is 125 Å². The van der Waals surface area contributed by atoms with Crippen LogP contribution < -0.4 is 15.2 Å². The standard InChI is InChI=1S/C12H19NO6/c13-10-2-1-3-11(18-6-8(16)4-14)12(10)19-7-9(17)5-15/h1-3,8-9,14-17H,4-7,13H2. The van der Waals surface area contributed by atoms with Crippen LogP contribution in [-0.2, 0) is 0 Å². The van der Waals surface area contributed by atoms with Crippen LogP contribution >= 0.6 is 0 Å². The molecule has 7 heteroatoms. The summed E-state index contributed by atoms with van der Waals surface area (Å²) in [4.78, 5) is 0. The highest BCUT2D eigenvalue weighted by atomic mass is 16.5. The van der Waals surface area contributed by atoms with Crippen molar-refractivity contribution in [1.82, 2.24) is 0 Å². The zero-order chi connectivity index (χ0) is 14.3. The number of anilines is 1. The molecular weight excluding hydrogens is 254 g/mol. The summed E-state index contributed by atoms with van der Waals surface area (Å²) in [6.07, 6.45) is -2.02. The highest BCUT2D eigenvalue weighted by Crippen LogP contribution is 2.33. The molecule has 108 valence electrons. The van der Waals surface area contributed by atoms with Crippen LogP contribution in [0.3, 0.4) is 0 Å². The number of benzene rings is 1. The number of aliphatic hydroxyl groups excluding tert-OH is 4. The first-order chi connectivity index (χ1) is 9.08. The highest BCUT2D eigenvalue weighted by Gasteiger charge is 2.13. The van der Waals surface area contributed by atoms with Crippen LogP contribution in [0.4, 0.5) is 5.69 Å². The summed E-state index contributed by atoms with van der Waals surface area (Å²) in [7, 11) is 0. The molecule has 0 radical (unpaired) electrons. The second-order valence-electron chi connectivity index (χ2n) is 3.97. The fourth-order valence-electron chi connectivity index (χ4n) is 1.27. The maximum atomic E-state index is 9.23. The minimum atomic E-state index is -1.02. The van der Waals surface area contributed by atoms with Gasteiger partial charge in [-0.05, 0) is 12.1 Å². The molecule has 1 rings (SSSR count). The normalized spacial score (nSPS) is 13.9. The second-order valence-corrected chi connectivity index (χ2v) is 3.97. The van der Waals surface area contributed by atoms with Crippen molar-refractivity contribution in [2.75, 3.05) is 32.2 Å². The summed E-state index contributed by atoms with van der Waals surface area (Å²) >= 11 is 0. The monoisotopic (exact) mass is 273 g/mol. The smallest absolute Gasteiger partial charge is 0.184 e. The number of hydrogen-bond donors (Lipinski definition) is 5. The van der Waals surface area contributed by atoms with E-state index in [-0.39, 0.29) is 24.7 Å². The van der Waals surface area contributed by atoms with Gasteiger partial charge in [-0.15, -0.1) is 0 Å². The van der Waals surface area contributed by atoms with Crippen molar-refractivity contribution in [3.63, 3.8) is 0 Å². The van der Waals surface area contributed by atoms with Gasteiger partial charge in [-0.3, -0.25) is 0 Å². The number of nitrogen functional groups attached to an aromatic ring is 1. The summed E-state index contributed by atoms with van der Waals surface area (Å²) in [6, 6.07) is 4.82. The number of aliphatic hydroxyl groups is 4. The van der Waals surface area contributed by atoms with E-state index in [0.29, 0.717) is 5.69 Å². The molecule has 2 atom stereocenters. The predicted octanol–water partition coefficient (Wildman–Crippen LogP) is -1.27. The summed E-state index contributed by atoms with van der Waals surface area (Å²) in [5.74, 6) is 0.512. The maximum absolute atomic E-state index is 9.23. The van der Waals surface area contributed by atoms with Gasteiger partial charge >= 0.3 is 0 Å². The third kappa shape index (κ3) is 4.92. The summed E-state index contributed by atoms with van der Waals surface area (Å²) < 4.78 is 10.6. The number of ether oxygens (including phenoxy) is 2. The average Bonchev–Trinajstić information content (AvgIpc) is 2.43. The molecule has 7 nitrogen and oxygen atoms in total. The lowest BCUT2D eigenvalue weighted by Crippen LogP contribution is -2.23. The SMILES string of the molecule is Nc1cccc(OCC(O)CO)c1OCC(O)CO. The van der Waals surface area contributed by atoms with Crippen molar-refractivity contribution in [2.24, 2.45) is 0 Å². The van der Waals surface area contributed by atoms with Crippen molar-refractivity contribution < 1.29 is 29.9 Å². The van der Waals surface area contributed by atoms with Crippen LogP contribution in [0, 0.1) is 0 Å². The lowest BCUT2D eigenvalue weighted by Gasteiger charge is -2.17. The zero-order valence-electron chi connectivity index (χ0n) is 10.4. The van der Waals surface area contributed by atoms with E-state index in [1.54, 1.807) is 18.2 Å². The third-order valence-corrected chi connectivity index (χ3v) is 2.28. The molecular formula is C12H19NO6. The fourth-order valence-corrected chi connectivity index (χ4v) is 1.27. The van der Waals surface area contributed by atoms with Gasteiger partial charge in [-0.1, -0.05) is 6.07 Å². The van der Waals surface area contributed by atoms with E-state index in [9.17, 15) is 10.2 Å². The Labute approximate surface area is 110 Å². The summed E-state index contributed by atoms with van der Waals surface area (Å²) in [5, 5.41) is 35.8. The van der Waals surface area contributed by atoms with Gasteiger partial charge in [0.05, 0.1) is 18.9 Å². The molecule has 0 saturated heterocycles. The molecule has 0 fully saturated rings. The maximum Gasteiger partial charge on any atom is 0.184 e. The van der Waals surface area contributed by atoms with Gasteiger partial charge in [0.15, 0.2) is 11.5 Å². The molecule has 0 amide bonds. The van der Waals surface area contributed by atoms with E-state index in [0.717, 1.165) is 0 Å². The lowest BCUT2D eigenvalue weighted by molar-refractivity contribution is 0.0450. The predicted molar refractivity (Wildman–Crippen MR) is 68.0 cm³/mol. The fraction of sp³-hybridized carbons (Fsp3) is 0.500. The Kier molecular flexibility index (Phi) is 6.37. The Hall–Kier alpha value is -1.54. The average molecular weight is 273 g/mol. The van der Waals surface area contributed by atoms with Crippen LogP contribution in [0.1, 0.15) is 0 Å². The van der Waals surface area contributed by atoms with Crippen molar-refractivity contribution >= 4 is 5.69 Å². The molecule has 1 aromatic rings. The Balaban J connectivity index is 2.71. The summed E-state index contributed by atoms with van der Waals surface area (Å²) in [5.41, 5.74) is 6.03. The van der Waals surface area contributed by atoms with Crippen LogP contribution in [0.15, 0.2) is 18.2 Å². The third-order valence-electron chi connectivity index (χ3n) is 2.28. The van der Waals surface area contributed by atoms with Gasteiger partial charge in [0.2, 0.25) is 0 Å². The Morgan fingerprint density at radius 2 is 1.58 bits per heavy atom. The van der Waals surface area contributed by atoms with E-state index >= 15 is 0 Å². The van der Waals surface area contributed by atoms with E-state index < -0.39 is 25.4 Å². The molecule has 0 saturated carbocycles. The molecule has 0 spiro atoms. The van der Waals surface area contributed by atoms with Crippen molar-refractivity contribution in [1.29, 1.82) is 0 Å². The Morgan fingerprint density at radius 1 is 1.00 bits per heavy atom. The number of nitrogens with two attached hydrogens (primary N) is 1. The van der Waals surface area contributed by atoms with Crippen molar-refractivity contribution in [3.8, 4) is 11.5 Å². The summed E-state index contributed by atoms with van der Waals surface area (Å²) in [6.45, 7) is -1.09. The molecule has 0 aliphatic heterocycles. The molecule has 0 aliphatic carbocycles. The van der Waals surface area contributed by atoms with Crippen molar-refractivity contribution in [2.45, 2.75) is 12.2 Å². The van der Waals surface area contributed by atoms with Crippen LogP contribution in [-0.4, -0.2) is 59.1 Å².